The molecule has 0 saturated carbocycles. The van der Waals surface area contributed by atoms with Crippen molar-refractivity contribution < 1.29 is 9.13 Å². The van der Waals surface area contributed by atoms with Crippen molar-refractivity contribution in [2.24, 2.45) is 5.84 Å². The quantitative estimate of drug-likeness (QED) is 0.675. The molecule has 2 unspecified atom stereocenters. The molecule has 0 fully saturated rings. The summed E-state index contributed by atoms with van der Waals surface area (Å²) in [4.78, 5) is 0. The summed E-state index contributed by atoms with van der Waals surface area (Å²) in [6, 6.07) is 11.9. The van der Waals surface area contributed by atoms with Crippen molar-refractivity contribution in [3.8, 4) is 5.75 Å². The third-order valence-electron chi connectivity index (χ3n) is 3.52. The average molecular weight is 293 g/mol. The number of hydrazine groups is 1. The van der Waals surface area contributed by atoms with Crippen LogP contribution in [0.4, 0.5) is 4.39 Å². The Bertz CT molecular complexity index is 610. The van der Waals surface area contributed by atoms with E-state index in [-0.39, 0.29) is 11.9 Å². The number of hydrogen-bond acceptors (Lipinski definition) is 3. The Kier molecular flexibility index (Phi) is 3.61. The monoisotopic (exact) mass is 292 g/mol. The van der Waals surface area contributed by atoms with Crippen LogP contribution in [0.5, 0.6) is 5.75 Å². The topological polar surface area (TPSA) is 47.3 Å². The first-order chi connectivity index (χ1) is 9.69. The Balaban J connectivity index is 1.89. The van der Waals surface area contributed by atoms with Crippen molar-refractivity contribution in [1.29, 1.82) is 0 Å². The van der Waals surface area contributed by atoms with Crippen molar-refractivity contribution in [1.82, 2.24) is 5.43 Å². The van der Waals surface area contributed by atoms with Crippen LogP contribution in [-0.2, 0) is 6.42 Å². The van der Waals surface area contributed by atoms with Gasteiger partial charge in [-0.25, -0.2) is 9.82 Å². The molecule has 2 aromatic rings. The van der Waals surface area contributed by atoms with Crippen LogP contribution in [0, 0.1) is 5.82 Å². The zero-order valence-electron chi connectivity index (χ0n) is 10.6. The molecule has 2 aromatic carbocycles. The Morgan fingerprint density at radius 3 is 2.80 bits per heavy atom. The van der Waals surface area contributed by atoms with E-state index in [0.29, 0.717) is 17.0 Å². The SMILES string of the molecule is NNC(c1ccc(Cl)cc1F)C1Cc2ccccc2O1. The number of nitrogens with two attached hydrogens (primary N) is 1. The molecule has 3 nitrogen and oxygen atoms in total. The summed E-state index contributed by atoms with van der Waals surface area (Å²) in [5, 5.41) is 0.359. The largest absolute Gasteiger partial charge is 0.488 e. The average Bonchev–Trinajstić information content (AvgIpc) is 2.85. The molecule has 0 aromatic heterocycles. The summed E-state index contributed by atoms with van der Waals surface area (Å²) in [5.74, 6) is 6.03. The van der Waals surface area contributed by atoms with Gasteiger partial charge in [0.1, 0.15) is 17.7 Å². The molecule has 0 amide bonds. The van der Waals surface area contributed by atoms with Gasteiger partial charge in [0.2, 0.25) is 0 Å². The van der Waals surface area contributed by atoms with Gasteiger partial charge < -0.3 is 4.74 Å². The first-order valence-electron chi connectivity index (χ1n) is 6.34. The van der Waals surface area contributed by atoms with Gasteiger partial charge in [0.05, 0.1) is 6.04 Å². The molecule has 0 bridgehead atoms. The molecule has 1 aliphatic rings. The molecular weight excluding hydrogens is 279 g/mol. The lowest BCUT2D eigenvalue weighted by Gasteiger charge is -2.23. The Morgan fingerprint density at radius 2 is 2.10 bits per heavy atom. The number of fused-ring (bicyclic) bond motifs is 1. The molecular formula is C15H14ClFN2O. The van der Waals surface area contributed by atoms with E-state index in [1.807, 2.05) is 24.3 Å². The molecule has 104 valence electrons. The minimum Gasteiger partial charge on any atom is -0.488 e. The van der Waals surface area contributed by atoms with Crippen molar-refractivity contribution in [3.05, 3.63) is 64.4 Å². The van der Waals surface area contributed by atoms with Gasteiger partial charge in [0.25, 0.3) is 0 Å². The molecule has 2 atom stereocenters. The number of nitrogens with one attached hydrogen (secondary N) is 1. The van der Waals surface area contributed by atoms with Crippen LogP contribution in [0.15, 0.2) is 42.5 Å². The lowest BCUT2D eigenvalue weighted by molar-refractivity contribution is 0.176. The van der Waals surface area contributed by atoms with Crippen LogP contribution >= 0.6 is 11.6 Å². The minimum atomic E-state index is -0.431. The van der Waals surface area contributed by atoms with Gasteiger partial charge >= 0.3 is 0 Å². The number of hydrogen-bond donors (Lipinski definition) is 2. The molecule has 3 N–H and O–H groups in total. The first kappa shape index (κ1) is 13.4. The van der Waals surface area contributed by atoms with Crippen LogP contribution in [0.25, 0.3) is 0 Å². The summed E-state index contributed by atoms with van der Waals surface area (Å²) < 4.78 is 19.9. The zero-order valence-corrected chi connectivity index (χ0v) is 11.4. The third-order valence-corrected chi connectivity index (χ3v) is 3.76. The molecule has 0 aliphatic carbocycles. The van der Waals surface area contributed by atoms with E-state index in [1.54, 1.807) is 12.1 Å². The van der Waals surface area contributed by atoms with Gasteiger partial charge in [-0.15, -0.1) is 0 Å². The molecule has 3 rings (SSSR count). The van der Waals surface area contributed by atoms with Gasteiger partial charge in [-0.05, 0) is 23.8 Å². The summed E-state index contributed by atoms with van der Waals surface area (Å²) in [5.41, 5.74) is 4.20. The lowest BCUT2D eigenvalue weighted by atomic mass is 9.98. The molecule has 20 heavy (non-hydrogen) atoms. The van der Waals surface area contributed by atoms with Crippen LogP contribution in [-0.4, -0.2) is 6.10 Å². The van der Waals surface area contributed by atoms with E-state index < -0.39 is 6.04 Å². The summed E-state index contributed by atoms with van der Waals surface area (Å²) in [7, 11) is 0. The molecule has 1 heterocycles. The van der Waals surface area contributed by atoms with Gasteiger partial charge in [0.15, 0.2) is 0 Å². The predicted octanol–water partition coefficient (Wildman–Crippen LogP) is 2.99. The first-order valence-corrected chi connectivity index (χ1v) is 6.72. The number of rotatable bonds is 3. The Hall–Kier alpha value is -1.62. The standard InChI is InChI=1S/C15H14ClFN2O/c16-10-5-6-11(12(17)8-10)15(19-18)14-7-9-3-1-2-4-13(9)20-14/h1-6,8,14-15,19H,7,18H2. The van der Waals surface area contributed by atoms with Crippen molar-refractivity contribution >= 4 is 11.6 Å². The number of benzene rings is 2. The van der Waals surface area contributed by atoms with E-state index in [4.69, 9.17) is 22.2 Å². The van der Waals surface area contributed by atoms with E-state index in [1.165, 1.54) is 6.07 Å². The maximum absolute atomic E-state index is 14.0. The van der Waals surface area contributed by atoms with Gasteiger partial charge in [-0.3, -0.25) is 5.84 Å². The van der Waals surface area contributed by atoms with Crippen molar-refractivity contribution in [3.63, 3.8) is 0 Å². The highest BCUT2D eigenvalue weighted by atomic mass is 35.5. The van der Waals surface area contributed by atoms with E-state index >= 15 is 0 Å². The fourth-order valence-electron chi connectivity index (χ4n) is 2.55. The van der Waals surface area contributed by atoms with E-state index in [0.717, 1.165) is 11.3 Å². The second-order valence-electron chi connectivity index (χ2n) is 4.78. The number of halogens is 2. The van der Waals surface area contributed by atoms with Crippen LogP contribution < -0.4 is 16.0 Å². The van der Waals surface area contributed by atoms with Gasteiger partial charge in [-0.2, -0.15) is 0 Å². The Labute approximate surface area is 121 Å². The minimum absolute atomic E-state index is 0.243. The summed E-state index contributed by atoms with van der Waals surface area (Å²) in [6.45, 7) is 0. The van der Waals surface area contributed by atoms with E-state index in [2.05, 4.69) is 5.43 Å². The Morgan fingerprint density at radius 1 is 1.30 bits per heavy atom. The summed E-state index contributed by atoms with van der Waals surface area (Å²) in [6.07, 6.45) is 0.445. The molecule has 1 aliphatic heterocycles. The predicted molar refractivity (Wildman–Crippen MR) is 76.0 cm³/mol. The second kappa shape index (κ2) is 5.40. The fraction of sp³-hybridized carbons (Fsp3) is 0.200. The van der Waals surface area contributed by atoms with Crippen LogP contribution in [0.3, 0.4) is 0 Å². The smallest absolute Gasteiger partial charge is 0.129 e. The van der Waals surface area contributed by atoms with Gasteiger partial charge in [-0.1, -0.05) is 35.9 Å². The van der Waals surface area contributed by atoms with Crippen molar-refractivity contribution in [2.75, 3.05) is 0 Å². The maximum atomic E-state index is 14.0. The normalized spacial score (nSPS) is 18.4. The van der Waals surface area contributed by atoms with Crippen molar-refractivity contribution in [2.45, 2.75) is 18.6 Å². The highest BCUT2D eigenvalue weighted by Gasteiger charge is 2.32. The third kappa shape index (κ3) is 2.38. The fourth-order valence-corrected chi connectivity index (χ4v) is 2.70. The number of ether oxygens (including phenoxy) is 1. The van der Waals surface area contributed by atoms with E-state index in [9.17, 15) is 4.39 Å². The highest BCUT2D eigenvalue weighted by molar-refractivity contribution is 6.30. The molecule has 5 heteroatoms. The highest BCUT2D eigenvalue weighted by Crippen LogP contribution is 2.34. The summed E-state index contributed by atoms with van der Waals surface area (Å²) >= 11 is 5.77. The van der Waals surface area contributed by atoms with Crippen LogP contribution in [0.2, 0.25) is 5.02 Å². The molecule has 0 spiro atoms. The lowest BCUT2D eigenvalue weighted by Crippen LogP contribution is -2.39. The number of para-hydroxylation sites is 1. The maximum Gasteiger partial charge on any atom is 0.129 e. The van der Waals surface area contributed by atoms with Gasteiger partial charge in [0, 0.05) is 17.0 Å². The van der Waals surface area contributed by atoms with Crippen LogP contribution in [0.1, 0.15) is 17.2 Å². The zero-order chi connectivity index (χ0) is 14.1. The molecule has 0 saturated heterocycles. The molecule has 0 radical (unpaired) electrons. The second-order valence-corrected chi connectivity index (χ2v) is 5.21.